The first-order valence-corrected chi connectivity index (χ1v) is 8.83. The molecule has 0 fully saturated rings. The Hall–Kier alpha value is -2.04. The van der Waals surface area contributed by atoms with E-state index in [1.807, 2.05) is 55.5 Å². The number of halogens is 1. The number of hydrogen-bond donors (Lipinski definition) is 2. The van der Waals surface area contributed by atoms with Crippen LogP contribution in [0.15, 0.2) is 48.5 Å². The van der Waals surface area contributed by atoms with E-state index in [1.54, 1.807) is 7.11 Å². The molecule has 5 heteroatoms. The van der Waals surface area contributed by atoms with Crippen LogP contribution >= 0.6 is 11.6 Å². The number of methoxy groups -OCH3 is 1. The average Bonchev–Trinajstić information content (AvgIpc) is 2.64. The minimum atomic E-state index is -0.300. The zero-order valence-electron chi connectivity index (χ0n) is 14.9. The lowest BCUT2D eigenvalue weighted by molar-refractivity contribution is -0.123. The summed E-state index contributed by atoms with van der Waals surface area (Å²) in [4.78, 5) is 12.4. The van der Waals surface area contributed by atoms with Gasteiger partial charge in [-0.05, 0) is 48.7 Å². The van der Waals surface area contributed by atoms with Crippen LogP contribution in [0, 0.1) is 0 Å². The lowest BCUT2D eigenvalue weighted by Crippen LogP contribution is -2.43. The Morgan fingerprint density at radius 2 is 1.92 bits per heavy atom. The summed E-state index contributed by atoms with van der Waals surface area (Å²) in [5, 5.41) is 7.05. The molecule has 0 saturated heterocycles. The second-order valence-corrected chi connectivity index (χ2v) is 6.41. The Labute approximate surface area is 154 Å². The number of carbonyl (C=O) groups excluding carboxylic acids is 1. The number of carbonyl (C=O) groups is 1. The SMILES string of the molecule is CCC(NC(C)C(=O)NCc1cccc(OC)c1)c1ccc(Cl)cc1. The molecule has 2 aromatic carbocycles. The van der Waals surface area contributed by atoms with E-state index in [4.69, 9.17) is 16.3 Å². The van der Waals surface area contributed by atoms with Crippen LogP contribution in [0.4, 0.5) is 0 Å². The number of benzene rings is 2. The first-order chi connectivity index (χ1) is 12.0. The highest BCUT2D eigenvalue weighted by Crippen LogP contribution is 2.19. The van der Waals surface area contributed by atoms with Crippen molar-refractivity contribution in [2.45, 2.75) is 38.9 Å². The van der Waals surface area contributed by atoms with Crippen LogP contribution in [0.5, 0.6) is 5.75 Å². The molecule has 0 heterocycles. The molecule has 0 radical (unpaired) electrons. The van der Waals surface area contributed by atoms with Crippen molar-refractivity contribution < 1.29 is 9.53 Å². The lowest BCUT2D eigenvalue weighted by Gasteiger charge is -2.22. The molecule has 1 amide bonds. The van der Waals surface area contributed by atoms with Crippen LogP contribution in [0.2, 0.25) is 5.02 Å². The molecular weight excluding hydrogens is 336 g/mol. The van der Waals surface area contributed by atoms with Crippen molar-refractivity contribution >= 4 is 17.5 Å². The first kappa shape index (κ1) is 19.3. The number of nitrogens with one attached hydrogen (secondary N) is 2. The molecule has 2 N–H and O–H groups in total. The number of hydrogen-bond acceptors (Lipinski definition) is 3. The van der Waals surface area contributed by atoms with Gasteiger partial charge in [-0.1, -0.05) is 42.8 Å². The fourth-order valence-corrected chi connectivity index (χ4v) is 2.77. The fourth-order valence-electron chi connectivity index (χ4n) is 2.65. The molecule has 134 valence electrons. The van der Waals surface area contributed by atoms with Crippen LogP contribution in [0.1, 0.15) is 37.4 Å². The van der Waals surface area contributed by atoms with Crippen LogP contribution < -0.4 is 15.4 Å². The van der Waals surface area contributed by atoms with Gasteiger partial charge >= 0.3 is 0 Å². The molecule has 2 atom stereocenters. The van der Waals surface area contributed by atoms with Crippen molar-refractivity contribution in [1.82, 2.24) is 10.6 Å². The Bertz CT molecular complexity index is 688. The predicted molar refractivity (Wildman–Crippen MR) is 102 cm³/mol. The molecule has 2 rings (SSSR count). The van der Waals surface area contributed by atoms with Gasteiger partial charge in [0.15, 0.2) is 0 Å². The molecule has 0 bridgehead atoms. The van der Waals surface area contributed by atoms with Gasteiger partial charge in [0.05, 0.1) is 13.2 Å². The molecule has 0 saturated carbocycles. The van der Waals surface area contributed by atoms with E-state index >= 15 is 0 Å². The van der Waals surface area contributed by atoms with Gasteiger partial charge in [-0.25, -0.2) is 0 Å². The van der Waals surface area contributed by atoms with E-state index < -0.39 is 0 Å². The van der Waals surface area contributed by atoms with Crippen LogP contribution in [0.3, 0.4) is 0 Å². The van der Waals surface area contributed by atoms with Gasteiger partial charge in [0.25, 0.3) is 0 Å². The molecule has 0 aliphatic rings. The van der Waals surface area contributed by atoms with Gasteiger partial charge < -0.3 is 10.1 Å². The van der Waals surface area contributed by atoms with E-state index in [9.17, 15) is 4.79 Å². The lowest BCUT2D eigenvalue weighted by atomic mass is 10.0. The molecule has 0 spiro atoms. The predicted octanol–water partition coefficient (Wildman–Crippen LogP) is 4.09. The minimum Gasteiger partial charge on any atom is -0.497 e. The summed E-state index contributed by atoms with van der Waals surface area (Å²) in [6, 6.07) is 15.2. The minimum absolute atomic E-state index is 0.0322. The summed E-state index contributed by atoms with van der Waals surface area (Å²) in [6.45, 7) is 4.44. The van der Waals surface area contributed by atoms with Gasteiger partial charge in [-0.15, -0.1) is 0 Å². The molecule has 4 nitrogen and oxygen atoms in total. The van der Waals surface area contributed by atoms with Crippen molar-refractivity contribution in [3.05, 3.63) is 64.7 Å². The third-order valence-electron chi connectivity index (χ3n) is 4.13. The summed E-state index contributed by atoms with van der Waals surface area (Å²) in [5.41, 5.74) is 2.13. The highest BCUT2D eigenvalue weighted by Gasteiger charge is 2.18. The Balaban J connectivity index is 1.90. The highest BCUT2D eigenvalue weighted by molar-refractivity contribution is 6.30. The molecule has 2 aromatic rings. The normalized spacial score (nSPS) is 13.1. The molecule has 25 heavy (non-hydrogen) atoms. The number of rotatable bonds is 8. The van der Waals surface area contributed by atoms with Crippen LogP contribution in [0.25, 0.3) is 0 Å². The maximum absolute atomic E-state index is 12.4. The van der Waals surface area contributed by atoms with Crippen LogP contribution in [-0.4, -0.2) is 19.1 Å². The Morgan fingerprint density at radius 3 is 2.56 bits per heavy atom. The number of ether oxygens (including phenoxy) is 1. The van der Waals surface area contributed by atoms with Gasteiger partial charge in [-0.2, -0.15) is 0 Å². The zero-order chi connectivity index (χ0) is 18.2. The van der Waals surface area contributed by atoms with Crippen molar-refractivity contribution in [1.29, 1.82) is 0 Å². The smallest absolute Gasteiger partial charge is 0.237 e. The summed E-state index contributed by atoms with van der Waals surface area (Å²) in [5.74, 6) is 0.752. The molecular formula is C20H25ClN2O2. The summed E-state index contributed by atoms with van der Waals surface area (Å²) < 4.78 is 5.20. The maximum Gasteiger partial charge on any atom is 0.237 e. The summed E-state index contributed by atoms with van der Waals surface area (Å²) >= 11 is 5.94. The van der Waals surface area contributed by atoms with Gasteiger partial charge in [0.1, 0.15) is 5.75 Å². The fraction of sp³-hybridized carbons (Fsp3) is 0.350. The van der Waals surface area contributed by atoms with Crippen molar-refractivity contribution in [3.63, 3.8) is 0 Å². The second kappa shape index (κ2) is 9.44. The third-order valence-corrected chi connectivity index (χ3v) is 4.38. The molecule has 0 aliphatic heterocycles. The van der Waals surface area contributed by atoms with E-state index in [0.717, 1.165) is 23.3 Å². The quantitative estimate of drug-likeness (QED) is 0.745. The van der Waals surface area contributed by atoms with E-state index in [2.05, 4.69) is 17.6 Å². The largest absolute Gasteiger partial charge is 0.497 e. The maximum atomic E-state index is 12.4. The highest BCUT2D eigenvalue weighted by atomic mass is 35.5. The van der Waals surface area contributed by atoms with Gasteiger partial charge in [-0.3, -0.25) is 10.1 Å². The van der Waals surface area contributed by atoms with E-state index in [0.29, 0.717) is 11.6 Å². The van der Waals surface area contributed by atoms with Crippen LogP contribution in [-0.2, 0) is 11.3 Å². The van der Waals surface area contributed by atoms with E-state index in [-0.39, 0.29) is 18.0 Å². The second-order valence-electron chi connectivity index (χ2n) is 5.97. The molecule has 0 aromatic heterocycles. The summed E-state index contributed by atoms with van der Waals surface area (Å²) in [7, 11) is 1.63. The van der Waals surface area contributed by atoms with Crippen molar-refractivity contribution in [3.8, 4) is 5.75 Å². The monoisotopic (exact) mass is 360 g/mol. The zero-order valence-corrected chi connectivity index (χ0v) is 15.6. The van der Waals surface area contributed by atoms with Gasteiger partial charge in [0.2, 0.25) is 5.91 Å². The standard InChI is InChI=1S/C20H25ClN2O2/c1-4-19(16-8-10-17(21)11-9-16)23-14(2)20(24)22-13-15-6-5-7-18(12-15)25-3/h5-12,14,19,23H,4,13H2,1-3H3,(H,22,24). The summed E-state index contributed by atoms with van der Waals surface area (Å²) in [6.07, 6.45) is 0.884. The molecule has 2 unspecified atom stereocenters. The Kier molecular flexibility index (Phi) is 7.29. The van der Waals surface area contributed by atoms with Gasteiger partial charge in [0, 0.05) is 17.6 Å². The number of amides is 1. The van der Waals surface area contributed by atoms with E-state index in [1.165, 1.54) is 0 Å². The van der Waals surface area contributed by atoms with Crippen molar-refractivity contribution in [2.75, 3.05) is 7.11 Å². The molecule has 0 aliphatic carbocycles. The first-order valence-electron chi connectivity index (χ1n) is 8.45. The Morgan fingerprint density at radius 1 is 1.20 bits per heavy atom. The average molecular weight is 361 g/mol. The van der Waals surface area contributed by atoms with Crippen molar-refractivity contribution in [2.24, 2.45) is 0 Å². The topological polar surface area (TPSA) is 50.4 Å². The third kappa shape index (κ3) is 5.76.